The van der Waals surface area contributed by atoms with Gasteiger partial charge in [0.15, 0.2) is 0 Å². The van der Waals surface area contributed by atoms with Gasteiger partial charge in [-0.3, -0.25) is 9.48 Å². The summed E-state index contributed by atoms with van der Waals surface area (Å²) in [5.41, 5.74) is 6.78. The molecule has 1 aromatic carbocycles. The monoisotopic (exact) mass is 300 g/mol. The van der Waals surface area contributed by atoms with Crippen LogP contribution in [-0.2, 0) is 11.3 Å². The normalized spacial score (nSPS) is 17.5. The number of amides is 1. The van der Waals surface area contributed by atoms with Gasteiger partial charge in [-0.15, -0.1) is 0 Å². The Kier molecular flexibility index (Phi) is 4.73. The second-order valence-corrected chi connectivity index (χ2v) is 6.19. The molecule has 0 bridgehead atoms. The van der Waals surface area contributed by atoms with Gasteiger partial charge in [-0.25, -0.2) is 0 Å². The fourth-order valence-corrected chi connectivity index (χ4v) is 3.40. The van der Waals surface area contributed by atoms with Crippen molar-refractivity contribution in [2.75, 3.05) is 6.54 Å². The summed E-state index contributed by atoms with van der Waals surface area (Å²) in [7, 11) is 0. The zero-order valence-electron chi connectivity index (χ0n) is 12.9. The molecule has 3 N–H and O–H groups in total. The van der Waals surface area contributed by atoms with E-state index in [4.69, 9.17) is 5.73 Å². The number of nitrogens with zero attached hydrogens (tertiary/aromatic N) is 2. The van der Waals surface area contributed by atoms with Crippen molar-refractivity contribution < 1.29 is 4.79 Å². The molecule has 0 radical (unpaired) electrons. The zero-order chi connectivity index (χ0) is 15.4. The van der Waals surface area contributed by atoms with Gasteiger partial charge in [0.25, 0.3) is 0 Å². The van der Waals surface area contributed by atoms with Crippen LogP contribution < -0.4 is 11.1 Å². The molecule has 5 nitrogen and oxygen atoms in total. The SMILES string of the molecule is NC[C@H](NC(=O)Cn1cc2ccccc2n1)C1CCCCC1. The van der Waals surface area contributed by atoms with Crippen LogP contribution in [0.2, 0.25) is 0 Å². The van der Waals surface area contributed by atoms with Crippen LogP contribution in [-0.4, -0.2) is 28.3 Å². The van der Waals surface area contributed by atoms with E-state index in [0.29, 0.717) is 12.5 Å². The lowest BCUT2D eigenvalue weighted by molar-refractivity contribution is -0.122. The molecule has 1 heterocycles. The highest BCUT2D eigenvalue weighted by molar-refractivity contribution is 5.79. The zero-order valence-corrected chi connectivity index (χ0v) is 12.9. The maximum atomic E-state index is 12.3. The molecule has 1 atom stereocenters. The number of nitrogens with one attached hydrogen (secondary N) is 1. The quantitative estimate of drug-likeness (QED) is 0.887. The first-order chi connectivity index (χ1) is 10.8. The molecule has 1 amide bonds. The van der Waals surface area contributed by atoms with Crippen molar-refractivity contribution in [2.45, 2.75) is 44.7 Å². The first-order valence-corrected chi connectivity index (χ1v) is 8.18. The summed E-state index contributed by atoms with van der Waals surface area (Å²) in [6, 6.07) is 7.98. The molecule has 1 fully saturated rings. The standard InChI is InChI=1S/C17H24N4O/c18-10-16(13-6-2-1-3-7-13)19-17(22)12-21-11-14-8-4-5-9-15(14)20-21/h4-5,8-9,11,13,16H,1-3,6-7,10,12,18H2,(H,19,22)/t16-/m0/s1. The van der Waals surface area contributed by atoms with Crippen LogP contribution in [0.15, 0.2) is 30.5 Å². The number of aromatic nitrogens is 2. The molecule has 1 aliphatic rings. The highest BCUT2D eigenvalue weighted by atomic mass is 16.2. The molecule has 22 heavy (non-hydrogen) atoms. The molecule has 0 aliphatic heterocycles. The van der Waals surface area contributed by atoms with Crippen LogP contribution in [0.4, 0.5) is 0 Å². The Balaban J connectivity index is 1.60. The van der Waals surface area contributed by atoms with Crippen LogP contribution >= 0.6 is 0 Å². The van der Waals surface area contributed by atoms with E-state index in [2.05, 4.69) is 10.4 Å². The molecule has 2 aromatic rings. The third-order valence-electron chi connectivity index (χ3n) is 4.59. The number of carbonyl (C=O) groups is 1. The van der Waals surface area contributed by atoms with Gasteiger partial charge in [0.05, 0.1) is 5.52 Å². The summed E-state index contributed by atoms with van der Waals surface area (Å²) in [5.74, 6) is 0.522. The van der Waals surface area contributed by atoms with E-state index in [1.165, 1.54) is 32.1 Å². The number of carbonyl (C=O) groups excluding carboxylic acids is 1. The highest BCUT2D eigenvalue weighted by Crippen LogP contribution is 2.26. The van der Waals surface area contributed by atoms with Crippen molar-refractivity contribution in [3.8, 4) is 0 Å². The van der Waals surface area contributed by atoms with E-state index in [-0.39, 0.29) is 18.5 Å². The van der Waals surface area contributed by atoms with Gasteiger partial charge in [0.1, 0.15) is 6.54 Å². The van der Waals surface area contributed by atoms with Gasteiger partial charge in [0, 0.05) is 24.2 Å². The van der Waals surface area contributed by atoms with E-state index in [9.17, 15) is 4.79 Å². The minimum atomic E-state index is -0.00571. The number of hydrogen-bond acceptors (Lipinski definition) is 3. The first kappa shape index (κ1) is 15.0. The molecule has 0 unspecified atom stereocenters. The predicted molar refractivity (Wildman–Crippen MR) is 87.3 cm³/mol. The molecule has 1 saturated carbocycles. The van der Waals surface area contributed by atoms with Crippen molar-refractivity contribution >= 4 is 16.8 Å². The maximum Gasteiger partial charge on any atom is 0.242 e. The smallest absolute Gasteiger partial charge is 0.242 e. The summed E-state index contributed by atoms with van der Waals surface area (Å²) in [6.07, 6.45) is 8.07. The van der Waals surface area contributed by atoms with Gasteiger partial charge >= 0.3 is 0 Å². The Hall–Kier alpha value is -1.88. The third kappa shape index (κ3) is 3.47. The summed E-state index contributed by atoms with van der Waals surface area (Å²) < 4.78 is 1.70. The Labute approximate surface area is 130 Å². The summed E-state index contributed by atoms with van der Waals surface area (Å²) >= 11 is 0. The van der Waals surface area contributed by atoms with E-state index < -0.39 is 0 Å². The molecule has 1 aromatic heterocycles. The molecule has 0 spiro atoms. The minimum Gasteiger partial charge on any atom is -0.350 e. The average molecular weight is 300 g/mol. The number of fused-ring (bicyclic) bond motifs is 1. The van der Waals surface area contributed by atoms with Crippen LogP contribution in [0.1, 0.15) is 32.1 Å². The van der Waals surface area contributed by atoms with Gasteiger partial charge in [-0.05, 0) is 24.8 Å². The molecular weight excluding hydrogens is 276 g/mol. The molecule has 0 saturated heterocycles. The lowest BCUT2D eigenvalue weighted by atomic mass is 9.84. The average Bonchev–Trinajstić information content (AvgIpc) is 2.95. The minimum absolute atomic E-state index is 0.00571. The van der Waals surface area contributed by atoms with Gasteiger partial charge < -0.3 is 11.1 Å². The highest BCUT2D eigenvalue weighted by Gasteiger charge is 2.24. The van der Waals surface area contributed by atoms with Crippen LogP contribution in [0.25, 0.3) is 10.9 Å². The predicted octanol–water partition coefficient (Wildman–Crippen LogP) is 2.06. The second-order valence-electron chi connectivity index (χ2n) is 6.19. The Morgan fingerprint density at radius 3 is 2.82 bits per heavy atom. The Bertz CT molecular complexity index is 597. The van der Waals surface area contributed by atoms with Crippen LogP contribution in [0.5, 0.6) is 0 Å². The third-order valence-corrected chi connectivity index (χ3v) is 4.59. The lowest BCUT2D eigenvalue weighted by Gasteiger charge is -2.30. The molecule has 3 rings (SSSR count). The van der Waals surface area contributed by atoms with E-state index in [1.807, 2.05) is 30.5 Å². The van der Waals surface area contributed by atoms with Crippen molar-refractivity contribution in [2.24, 2.45) is 11.7 Å². The van der Waals surface area contributed by atoms with Crippen LogP contribution in [0.3, 0.4) is 0 Å². The lowest BCUT2D eigenvalue weighted by Crippen LogP contribution is -2.47. The number of rotatable bonds is 5. The fourth-order valence-electron chi connectivity index (χ4n) is 3.40. The second kappa shape index (κ2) is 6.92. The number of benzene rings is 1. The van der Waals surface area contributed by atoms with Crippen molar-refractivity contribution in [1.82, 2.24) is 15.1 Å². The fraction of sp³-hybridized carbons (Fsp3) is 0.529. The summed E-state index contributed by atoms with van der Waals surface area (Å²) in [5, 5.41) is 8.58. The Morgan fingerprint density at radius 2 is 2.09 bits per heavy atom. The number of hydrogen-bond donors (Lipinski definition) is 2. The maximum absolute atomic E-state index is 12.3. The van der Waals surface area contributed by atoms with E-state index in [0.717, 1.165) is 10.9 Å². The van der Waals surface area contributed by atoms with Crippen LogP contribution in [0, 0.1) is 5.92 Å². The van der Waals surface area contributed by atoms with E-state index in [1.54, 1.807) is 4.68 Å². The van der Waals surface area contributed by atoms with E-state index >= 15 is 0 Å². The summed E-state index contributed by atoms with van der Waals surface area (Å²) in [4.78, 5) is 12.3. The van der Waals surface area contributed by atoms with Crippen molar-refractivity contribution in [3.05, 3.63) is 30.5 Å². The largest absolute Gasteiger partial charge is 0.350 e. The molecule has 1 aliphatic carbocycles. The molecule has 118 valence electrons. The molecule has 5 heteroatoms. The van der Waals surface area contributed by atoms with Crippen molar-refractivity contribution in [1.29, 1.82) is 0 Å². The van der Waals surface area contributed by atoms with Gasteiger partial charge in [-0.2, -0.15) is 5.10 Å². The summed E-state index contributed by atoms with van der Waals surface area (Å²) in [6.45, 7) is 0.759. The van der Waals surface area contributed by atoms with Gasteiger partial charge in [-0.1, -0.05) is 37.5 Å². The Morgan fingerprint density at radius 1 is 1.32 bits per heavy atom. The van der Waals surface area contributed by atoms with Crippen molar-refractivity contribution in [3.63, 3.8) is 0 Å². The molecular formula is C17H24N4O. The first-order valence-electron chi connectivity index (χ1n) is 8.18. The number of nitrogens with two attached hydrogens (primary N) is 1. The van der Waals surface area contributed by atoms with Gasteiger partial charge in [0.2, 0.25) is 5.91 Å². The topological polar surface area (TPSA) is 72.9 Å².